The van der Waals surface area contributed by atoms with Crippen molar-refractivity contribution in [3.8, 4) is 0 Å². The molecule has 0 radical (unpaired) electrons. The summed E-state index contributed by atoms with van der Waals surface area (Å²) >= 11 is 0. The van der Waals surface area contributed by atoms with Crippen LogP contribution >= 0.6 is 0 Å². The van der Waals surface area contributed by atoms with Gasteiger partial charge in [-0.1, -0.05) is 0 Å². The number of amides is 2. The van der Waals surface area contributed by atoms with Crippen LogP contribution in [0.2, 0.25) is 0 Å². The summed E-state index contributed by atoms with van der Waals surface area (Å²) in [5, 5.41) is 9.42. The van der Waals surface area contributed by atoms with Crippen LogP contribution in [-0.2, 0) is 7.05 Å². The zero-order valence-corrected chi connectivity index (χ0v) is 8.96. The van der Waals surface area contributed by atoms with Crippen LogP contribution in [0.25, 0.3) is 0 Å². The molecule has 0 unspecified atom stereocenters. The molecule has 0 spiro atoms. The monoisotopic (exact) mass is 196 g/mol. The molecule has 0 bridgehead atoms. The third kappa shape index (κ3) is 3.47. The van der Waals surface area contributed by atoms with Gasteiger partial charge in [0.2, 0.25) is 0 Å². The van der Waals surface area contributed by atoms with Gasteiger partial charge in [0.05, 0.1) is 11.9 Å². The minimum absolute atomic E-state index is 0.217. The van der Waals surface area contributed by atoms with E-state index >= 15 is 0 Å². The number of aromatic nitrogens is 2. The topological polar surface area (TPSA) is 59.0 Å². The molecule has 0 atom stereocenters. The van der Waals surface area contributed by atoms with Crippen molar-refractivity contribution < 1.29 is 4.79 Å². The quantitative estimate of drug-likeness (QED) is 0.712. The summed E-state index contributed by atoms with van der Waals surface area (Å²) in [6.07, 6.45) is 3.34. The zero-order chi connectivity index (χ0) is 10.8. The number of nitrogens with zero attached hydrogens (tertiary/aromatic N) is 2. The first kappa shape index (κ1) is 10.6. The Labute approximate surface area is 83.5 Å². The van der Waals surface area contributed by atoms with Crippen molar-refractivity contribution in [1.29, 1.82) is 0 Å². The fraction of sp³-hybridized carbons (Fsp3) is 0.556. The summed E-state index contributed by atoms with van der Waals surface area (Å²) in [6, 6.07) is -0.217. The third-order valence-corrected chi connectivity index (χ3v) is 1.45. The molecule has 0 aliphatic heterocycles. The van der Waals surface area contributed by atoms with Gasteiger partial charge in [-0.05, 0) is 20.8 Å². The Bertz CT molecular complexity index is 324. The van der Waals surface area contributed by atoms with E-state index in [2.05, 4.69) is 15.7 Å². The van der Waals surface area contributed by atoms with Gasteiger partial charge in [0.25, 0.3) is 0 Å². The molecule has 5 heteroatoms. The van der Waals surface area contributed by atoms with Crippen LogP contribution in [0.3, 0.4) is 0 Å². The van der Waals surface area contributed by atoms with E-state index in [-0.39, 0.29) is 11.6 Å². The molecule has 5 nitrogen and oxygen atoms in total. The average molecular weight is 196 g/mol. The van der Waals surface area contributed by atoms with Gasteiger partial charge < -0.3 is 10.6 Å². The Morgan fingerprint density at radius 3 is 2.57 bits per heavy atom. The number of nitrogens with one attached hydrogen (secondary N) is 2. The largest absolute Gasteiger partial charge is 0.333 e. The Balaban J connectivity index is 2.50. The van der Waals surface area contributed by atoms with Crippen LogP contribution in [0.1, 0.15) is 20.8 Å². The van der Waals surface area contributed by atoms with Gasteiger partial charge >= 0.3 is 6.03 Å². The molecule has 0 saturated heterocycles. The predicted octanol–water partition coefficient (Wildman–Crippen LogP) is 1.34. The lowest BCUT2D eigenvalue weighted by molar-refractivity contribution is 0.244. The fourth-order valence-electron chi connectivity index (χ4n) is 0.989. The number of hydrogen-bond acceptors (Lipinski definition) is 2. The van der Waals surface area contributed by atoms with Crippen molar-refractivity contribution in [1.82, 2.24) is 15.1 Å². The zero-order valence-electron chi connectivity index (χ0n) is 8.96. The minimum atomic E-state index is -0.230. The normalized spacial score (nSPS) is 11.1. The Hall–Kier alpha value is -1.52. The van der Waals surface area contributed by atoms with E-state index in [1.54, 1.807) is 24.1 Å². The molecule has 0 aliphatic carbocycles. The van der Waals surface area contributed by atoms with Crippen LogP contribution < -0.4 is 10.6 Å². The molecular formula is C9H16N4O. The maximum absolute atomic E-state index is 11.4. The predicted molar refractivity (Wildman–Crippen MR) is 55.1 cm³/mol. The Kier molecular flexibility index (Phi) is 2.78. The summed E-state index contributed by atoms with van der Waals surface area (Å²) < 4.78 is 1.63. The molecule has 1 rings (SSSR count). The van der Waals surface area contributed by atoms with Crippen molar-refractivity contribution in [2.24, 2.45) is 7.05 Å². The van der Waals surface area contributed by atoms with Crippen molar-refractivity contribution in [2.75, 3.05) is 5.32 Å². The van der Waals surface area contributed by atoms with Crippen LogP contribution in [0.15, 0.2) is 12.4 Å². The van der Waals surface area contributed by atoms with Crippen molar-refractivity contribution >= 4 is 11.7 Å². The Morgan fingerprint density at radius 2 is 2.14 bits per heavy atom. The smallest absolute Gasteiger partial charge is 0.319 e. The lowest BCUT2D eigenvalue weighted by Crippen LogP contribution is -2.43. The highest BCUT2D eigenvalue weighted by molar-refractivity contribution is 5.89. The molecule has 1 aromatic rings. The van der Waals surface area contributed by atoms with Crippen molar-refractivity contribution in [2.45, 2.75) is 26.3 Å². The number of aryl methyl sites for hydroxylation is 1. The summed E-state index contributed by atoms with van der Waals surface area (Å²) in [5.74, 6) is 0. The Morgan fingerprint density at radius 1 is 1.50 bits per heavy atom. The van der Waals surface area contributed by atoms with Gasteiger partial charge in [-0.15, -0.1) is 0 Å². The van der Waals surface area contributed by atoms with E-state index in [1.165, 1.54) is 0 Å². The lowest BCUT2D eigenvalue weighted by atomic mass is 10.1. The standard InChI is InChI=1S/C9H16N4O/c1-9(2,3)12-8(14)11-7-5-10-13(4)6-7/h5-6H,1-4H3,(H2,11,12,14). The van der Waals surface area contributed by atoms with Gasteiger partial charge in [-0.25, -0.2) is 4.79 Å². The minimum Gasteiger partial charge on any atom is -0.333 e. The first-order valence-electron chi connectivity index (χ1n) is 4.45. The molecule has 2 N–H and O–H groups in total. The van der Waals surface area contributed by atoms with Crippen LogP contribution in [0.5, 0.6) is 0 Å². The second kappa shape index (κ2) is 3.69. The second-order valence-electron chi connectivity index (χ2n) is 4.23. The molecule has 1 aromatic heterocycles. The van der Waals surface area contributed by atoms with Gasteiger partial charge in [0.15, 0.2) is 0 Å². The van der Waals surface area contributed by atoms with Crippen molar-refractivity contribution in [3.63, 3.8) is 0 Å². The number of hydrogen-bond donors (Lipinski definition) is 2. The molecule has 0 saturated carbocycles. The maximum Gasteiger partial charge on any atom is 0.319 e. The van der Waals surface area contributed by atoms with E-state index in [0.717, 1.165) is 0 Å². The molecule has 78 valence electrons. The van der Waals surface area contributed by atoms with Crippen LogP contribution in [-0.4, -0.2) is 21.4 Å². The van der Waals surface area contributed by atoms with E-state index in [0.29, 0.717) is 5.69 Å². The molecular weight excluding hydrogens is 180 g/mol. The maximum atomic E-state index is 11.4. The number of carbonyl (C=O) groups excluding carboxylic acids is 1. The highest BCUT2D eigenvalue weighted by Crippen LogP contribution is 2.04. The highest BCUT2D eigenvalue weighted by Gasteiger charge is 2.13. The van der Waals surface area contributed by atoms with Crippen LogP contribution in [0.4, 0.5) is 10.5 Å². The highest BCUT2D eigenvalue weighted by atomic mass is 16.2. The first-order valence-corrected chi connectivity index (χ1v) is 4.45. The SMILES string of the molecule is Cn1cc(NC(=O)NC(C)(C)C)cn1. The second-order valence-corrected chi connectivity index (χ2v) is 4.23. The molecule has 1 heterocycles. The van der Waals surface area contributed by atoms with E-state index < -0.39 is 0 Å². The van der Waals surface area contributed by atoms with Gasteiger partial charge in [-0.3, -0.25) is 4.68 Å². The van der Waals surface area contributed by atoms with Gasteiger partial charge in [0, 0.05) is 18.8 Å². The van der Waals surface area contributed by atoms with E-state index in [9.17, 15) is 4.79 Å². The van der Waals surface area contributed by atoms with Gasteiger partial charge in [-0.2, -0.15) is 5.10 Å². The molecule has 0 aliphatic rings. The first-order chi connectivity index (χ1) is 6.37. The molecule has 2 amide bonds. The van der Waals surface area contributed by atoms with Crippen LogP contribution in [0, 0.1) is 0 Å². The third-order valence-electron chi connectivity index (χ3n) is 1.45. The van der Waals surface area contributed by atoms with Gasteiger partial charge in [0.1, 0.15) is 0 Å². The fourth-order valence-corrected chi connectivity index (χ4v) is 0.989. The van der Waals surface area contributed by atoms with E-state index in [1.807, 2.05) is 20.8 Å². The number of anilines is 1. The number of urea groups is 1. The van der Waals surface area contributed by atoms with Crippen molar-refractivity contribution in [3.05, 3.63) is 12.4 Å². The number of carbonyl (C=O) groups is 1. The molecule has 14 heavy (non-hydrogen) atoms. The summed E-state index contributed by atoms with van der Waals surface area (Å²) in [5.41, 5.74) is 0.459. The average Bonchev–Trinajstić information content (AvgIpc) is 2.30. The summed E-state index contributed by atoms with van der Waals surface area (Å²) in [7, 11) is 1.80. The number of rotatable bonds is 1. The van der Waals surface area contributed by atoms with E-state index in [4.69, 9.17) is 0 Å². The summed E-state index contributed by atoms with van der Waals surface area (Å²) in [6.45, 7) is 5.78. The molecule has 0 aromatic carbocycles. The lowest BCUT2D eigenvalue weighted by Gasteiger charge is -2.20. The molecule has 0 fully saturated rings. The summed E-state index contributed by atoms with van der Waals surface area (Å²) in [4.78, 5) is 11.4.